The molecule has 3 nitrogen and oxygen atoms in total. The maximum absolute atomic E-state index is 6.87. The van der Waals surface area contributed by atoms with Gasteiger partial charge in [-0.05, 0) is 48.3 Å². The van der Waals surface area contributed by atoms with Crippen molar-refractivity contribution in [2.45, 2.75) is 58.9 Å². The Balaban J connectivity index is 2.20. The third kappa shape index (κ3) is 7.39. The highest BCUT2D eigenvalue weighted by Crippen LogP contribution is 2.40. The van der Waals surface area contributed by atoms with Gasteiger partial charge in [-0.25, -0.2) is 0 Å². The van der Waals surface area contributed by atoms with Crippen LogP contribution in [0.1, 0.15) is 44.4 Å². The molecule has 0 aliphatic heterocycles. The first-order valence-electron chi connectivity index (χ1n) is 12.3. The quantitative estimate of drug-likeness (QED) is 0.202. The van der Waals surface area contributed by atoms with Crippen LogP contribution in [0.25, 0.3) is 5.70 Å². The highest BCUT2D eigenvalue weighted by atomic mass is 35.5. The molecule has 0 N–H and O–H groups in total. The molecule has 0 atom stereocenters. The normalized spacial score (nSPS) is 12.7. The van der Waals surface area contributed by atoms with Crippen molar-refractivity contribution in [3.63, 3.8) is 0 Å². The Hall–Kier alpha value is -2.69. The summed E-state index contributed by atoms with van der Waals surface area (Å²) in [5.41, 5.74) is 4.40. The molecular formula is C30H38ClNO2Si. The predicted octanol–water partition coefficient (Wildman–Crippen LogP) is 8.73. The van der Waals surface area contributed by atoms with E-state index in [0.717, 1.165) is 11.3 Å². The average Bonchev–Trinajstić information content (AvgIpc) is 2.81. The fourth-order valence-corrected chi connectivity index (χ4v) is 4.57. The summed E-state index contributed by atoms with van der Waals surface area (Å²) in [6, 6.07) is 29.0. The molecule has 0 aliphatic rings. The summed E-state index contributed by atoms with van der Waals surface area (Å²) < 4.78 is 13.2. The van der Waals surface area contributed by atoms with Gasteiger partial charge in [0.2, 0.25) is 0 Å². The second-order valence-electron chi connectivity index (χ2n) is 10.3. The molecule has 35 heavy (non-hydrogen) atoms. The van der Waals surface area contributed by atoms with E-state index in [0.29, 0.717) is 30.7 Å². The van der Waals surface area contributed by atoms with Gasteiger partial charge in [-0.3, -0.25) is 0 Å². The van der Waals surface area contributed by atoms with Gasteiger partial charge in [-0.15, -0.1) is 0 Å². The zero-order valence-electron chi connectivity index (χ0n) is 21.8. The maximum atomic E-state index is 6.87. The second-order valence-corrected chi connectivity index (χ2v) is 15.4. The number of benzene rings is 3. The minimum atomic E-state index is -2.18. The van der Waals surface area contributed by atoms with Crippen molar-refractivity contribution in [1.29, 1.82) is 0 Å². The van der Waals surface area contributed by atoms with E-state index in [9.17, 15) is 0 Å². The molecule has 186 valence electrons. The zero-order valence-corrected chi connectivity index (χ0v) is 23.6. The molecular weight excluding hydrogens is 470 g/mol. The monoisotopic (exact) mass is 507 g/mol. The molecule has 0 spiro atoms. The SMILES string of the molecule is CCO/C(O[Si](C)(C)C(C)(C)C)=C(/c1ccc(Cl)cc1)N(Cc1ccccc1)Cc1ccccc1. The predicted molar refractivity (Wildman–Crippen MR) is 150 cm³/mol. The van der Waals surface area contributed by atoms with Crippen molar-refractivity contribution in [3.05, 3.63) is 113 Å². The topological polar surface area (TPSA) is 21.7 Å². The van der Waals surface area contributed by atoms with Gasteiger partial charge in [-0.2, -0.15) is 0 Å². The molecule has 0 amide bonds. The Morgan fingerprint density at radius 1 is 0.800 bits per heavy atom. The minimum absolute atomic E-state index is 0.0319. The molecule has 0 bridgehead atoms. The number of hydrogen-bond donors (Lipinski definition) is 0. The summed E-state index contributed by atoms with van der Waals surface area (Å²) in [5, 5.41) is 0.735. The van der Waals surface area contributed by atoms with Crippen LogP contribution in [0.3, 0.4) is 0 Å². The second kappa shape index (κ2) is 11.8. The Morgan fingerprint density at radius 2 is 1.29 bits per heavy atom. The van der Waals surface area contributed by atoms with Gasteiger partial charge in [0, 0.05) is 23.7 Å². The molecule has 5 heteroatoms. The lowest BCUT2D eigenvalue weighted by Crippen LogP contribution is -2.41. The number of ether oxygens (including phenoxy) is 1. The zero-order chi connectivity index (χ0) is 25.5. The van der Waals surface area contributed by atoms with Crippen LogP contribution < -0.4 is 0 Å². The molecule has 3 aromatic rings. The first-order chi connectivity index (χ1) is 16.6. The lowest BCUT2D eigenvalue weighted by molar-refractivity contribution is 0.103. The lowest BCUT2D eigenvalue weighted by atomic mass is 10.1. The molecule has 0 unspecified atom stereocenters. The van der Waals surface area contributed by atoms with Gasteiger partial charge >= 0.3 is 0 Å². The van der Waals surface area contributed by atoms with Crippen LogP contribution in [-0.4, -0.2) is 19.8 Å². The van der Waals surface area contributed by atoms with Crippen LogP contribution in [-0.2, 0) is 22.3 Å². The van der Waals surface area contributed by atoms with E-state index in [1.54, 1.807) is 0 Å². The first-order valence-corrected chi connectivity index (χ1v) is 15.5. The van der Waals surface area contributed by atoms with Gasteiger partial charge in [0.15, 0.2) is 0 Å². The van der Waals surface area contributed by atoms with Crippen molar-refractivity contribution in [3.8, 4) is 0 Å². The Morgan fingerprint density at radius 3 is 1.71 bits per heavy atom. The molecule has 0 fully saturated rings. The molecule has 0 saturated carbocycles. The third-order valence-electron chi connectivity index (χ3n) is 6.49. The molecule has 0 aliphatic carbocycles. The Kier molecular flexibility index (Phi) is 9.09. The molecule has 0 heterocycles. The highest BCUT2D eigenvalue weighted by Gasteiger charge is 2.41. The molecule has 0 radical (unpaired) electrons. The van der Waals surface area contributed by atoms with Crippen molar-refractivity contribution >= 4 is 25.6 Å². The van der Waals surface area contributed by atoms with E-state index in [4.69, 9.17) is 20.8 Å². The van der Waals surface area contributed by atoms with E-state index in [1.165, 1.54) is 11.1 Å². The Labute approximate surface area is 217 Å². The molecule has 3 rings (SSSR count). The summed E-state index contributed by atoms with van der Waals surface area (Å²) in [7, 11) is -2.18. The third-order valence-corrected chi connectivity index (χ3v) is 11.0. The van der Waals surface area contributed by atoms with E-state index in [2.05, 4.69) is 99.4 Å². The van der Waals surface area contributed by atoms with Gasteiger partial charge in [0.1, 0.15) is 5.70 Å². The van der Waals surface area contributed by atoms with Gasteiger partial charge in [0.05, 0.1) is 6.61 Å². The minimum Gasteiger partial charge on any atom is -0.517 e. The van der Waals surface area contributed by atoms with Gasteiger partial charge in [0.25, 0.3) is 14.3 Å². The summed E-state index contributed by atoms with van der Waals surface area (Å²) in [6.07, 6.45) is 0. The van der Waals surface area contributed by atoms with Gasteiger partial charge in [-0.1, -0.05) is 105 Å². The summed E-state index contributed by atoms with van der Waals surface area (Å²) in [6.45, 7) is 15.2. The smallest absolute Gasteiger partial charge is 0.290 e. The summed E-state index contributed by atoms with van der Waals surface area (Å²) >= 11 is 6.28. The standard InChI is InChI=1S/C30H38ClNO2Si/c1-7-33-29(34-35(5,6)30(2,3)4)28(26-18-20-27(31)21-19-26)32(22-24-14-10-8-11-15-24)23-25-16-12-9-13-17-25/h8-21H,7,22-23H2,1-6H3/b29-28+. The molecule has 0 aromatic heterocycles. The van der Waals surface area contributed by atoms with Crippen LogP contribution in [0.2, 0.25) is 23.2 Å². The van der Waals surface area contributed by atoms with Crippen LogP contribution in [0, 0.1) is 0 Å². The van der Waals surface area contributed by atoms with Crippen molar-refractivity contribution in [2.24, 2.45) is 0 Å². The van der Waals surface area contributed by atoms with E-state index in [1.807, 2.05) is 31.2 Å². The van der Waals surface area contributed by atoms with Crippen molar-refractivity contribution in [1.82, 2.24) is 4.90 Å². The number of halogens is 1. The fraction of sp³-hybridized carbons (Fsp3) is 0.333. The maximum Gasteiger partial charge on any atom is 0.290 e. The number of hydrogen-bond acceptors (Lipinski definition) is 3. The number of rotatable bonds is 10. The Bertz CT molecular complexity index is 1050. The van der Waals surface area contributed by atoms with Crippen molar-refractivity contribution in [2.75, 3.05) is 6.61 Å². The van der Waals surface area contributed by atoms with Crippen LogP contribution in [0.5, 0.6) is 0 Å². The summed E-state index contributed by atoms with van der Waals surface area (Å²) in [5.74, 6) is 0.591. The van der Waals surface area contributed by atoms with Crippen LogP contribution in [0.4, 0.5) is 0 Å². The summed E-state index contributed by atoms with van der Waals surface area (Å²) in [4.78, 5) is 2.35. The fourth-order valence-electron chi connectivity index (χ4n) is 3.52. The van der Waals surface area contributed by atoms with E-state index in [-0.39, 0.29) is 5.04 Å². The van der Waals surface area contributed by atoms with Crippen LogP contribution in [0.15, 0.2) is 90.9 Å². The van der Waals surface area contributed by atoms with Crippen molar-refractivity contribution < 1.29 is 9.16 Å². The van der Waals surface area contributed by atoms with Crippen LogP contribution >= 0.6 is 11.6 Å². The largest absolute Gasteiger partial charge is 0.517 e. The van der Waals surface area contributed by atoms with Gasteiger partial charge < -0.3 is 14.1 Å². The highest BCUT2D eigenvalue weighted by molar-refractivity contribution is 6.74. The first kappa shape index (κ1) is 26.9. The lowest BCUT2D eigenvalue weighted by Gasteiger charge is -2.38. The molecule has 0 saturated heterocycles. The molecule has 3 aromatic carbocycles. The van der Waals surface area contributed by atoms with E-state index < -0.39 is 8.32 Å². The van der Waals surface area contributed by atoms with E-state index >= 15 is 0 Å². The number of nitrogens with zero attached hydrogens (tertiary/aromatic N) is 1. The average molecular weight is 508 g/mol.